The van der Waals surface area contributed by atoms with Gasteiger partial charge in [-0.05, 0) is 43.5 Å². The summed E-state index contributed by atoms with van der Waals surface area (Å²) < 4.78 is 40.0. The van der Waals surface area contributed by atoms with Crippen molar-refractivity contribution in [3.63, 3.8) is 0 Å². The maximum atomic E-state index is 12.1. The number of ether oxygens (including phenoxy) is 1. The van der Waals surface area contributed by atoms with E-state index in [-0.39, 0.29) is 5.75 Å². The lowest BCUT2D eigenvalue weighted by Crippen LogP contribution is -2.43. The fourth-order valence-corrected chi connectivity index (χ4v) is 2.63. The minimum atomic E-state index is -4.62. The molecule has 0 spiro atoms. The number of rotatable bonds is 7. The molecule has 2 rings (SSSR count). The molecule has 0 radical (unpaired) electrons. The Hall–Kier alpha value is -1.27. The monoisotopic (exact) mass is 316 g/mol. The van der Waals surface area contributed by atoms with Crippen molar-refractivity contribution in [3.8, 4) is 5.75 Å². The molecule has 1 fully saturated rings. The Morgan fingerprint density at radius 3 is 2.32 bits per heavy atom. The second-order valence-corrected chi connectivity index (χ2v) is 5.59. The van der Waals surface area contributed by atoms with Gasteiger partial charge in [0.15, 0.2) is 0 Å². The molecule has 1 saturated heterocycles. The molecule has 1 aromatic rings. The van der Waals surface area contributed by atoms with Crippen LogP contribution in [-0.2, 0) is 6.42 Å². The third-order valence-electron chi connectivity index (χ3n) is 3.81. The zero-order valence-electron chi connectivity index (χ0n) is 12.7. The van der Waals surface area contributed by atoms with E-state index in [1.54, 1.807) is 12.1 Å². The van der Waals surface area contributed by atoms with Crippen molar-refractivity contribution in [1.82, 2.24) is 10.2 Å². The molecule has 1 aliphatic heterocycles. The third-order valence-corrected chi connectivity index (χ3v) is 3.81. The lowest BCUT2D eigenvalue weighted by atomic mass is 10.1. The molecule has 3 nitrogen and oxygen atoms in total. The van der Waals surface area contributed by atoms with Gasteiger partial charge in [-0.25, -0.2) is 0 Å². The topological polar surface area (TPSA) is 24.5 Å². The van der Waals surface area contributed by atoms with Gasteiger partial charge in [0.25, 0.3) is 0 Å². The summed E-state index contributed by atoms with van der Waals surface area (Å²) in [5.41, 5.74) is 1.05. The van der Waals surface area contributed by atoms with E-state index < -0.39 is 6.36 Å². The van der Waals surface area contributed by atoms with Gasteiger partial charge in [-0.3, -0.25) is 0 Å². The van der Waals surface area contributed by atoms with Crippen LogP contribution in [0.25, 0.3) is 0 Å². The summed E-state index contributed by atoms with van der Waals surface area (Å²) in [5.74, 6) is -0.157. The summed E-state index contributed by atoms with van der Waals surface area (Å²) in [6.07, 6.45) is -0.342. The van der Waals surface area contributed by atoms with Gasteiger partial charge in [-0.2, -0.15) is 0 Å². The molecule has 6 heteroatoms. The van der Waals surface area contributed by atoms with Gasteiger partial charge in [0, 0.05) is 26.2 Å². The molecule has 0 atom stereocenters. The van der Waals surface area contributed by atoms with Crippen LogP contribution < -0.4 is 10.1 Å². The number of alkyl halides is 3. The van der Waals surface area contributed by atoms with Gasteiger partial charge in [0.1, 0.15) is 5.75 Å². The minimum absolute atomic E-state index is 0.157. The van der Waals surface area contributed by atoms with Crippen molar-refractivity contribution in [1.29, 1.82) is 0 Å². The van der Waals surface area contributed by atoms with Crippen molar-refractivity contribution in [2.45, 2.75) is 32.0 Å². The highest BCUT2D eigenvalue weighted by Gasteiger charge is 2.30. The first-order valence-corrected chi connectivity index (χ1v) is 7.81. The predicted molar refractivity (Wildman–Crippen MR) is 80.0 cm³/mol. The average molecular weight is 316 g/mol. The Morgan fingerprint density at radius 2 is 1.68 bits per heavy atom. The van der Waals surface area contributed by atoms with Gasteiger partial charge in [-0.1, -0.05) is 18.6 Å². The maximum absolute atomic E-state index is 12.1. The van der Waals surface area contributed by atoms with E-state index in [4.69, 9.17) is 0 Å². The highest BCUT2D eigenvalue weighted by molar-refractivity contribution is 5.27. The summed E-state index contributed by atoms with van der Waals surface area (Å²) in [4.78, 5) is 2.47. The van der Waals surface area contributed by atoms with Crippen LogP contribution in [0.5, 0.6) is 5.75 Å². The molecule has 22 heavy (non-hydrogen) atoms. The standard InChI is InChI=1S/C16H23F3N2O/c17-16(18,19)22-15-7-5-14(6-8-15)4-2-1-3-11-21-12-9-20-10-13-21/h5-8,20H,1-4,9-13H2. The first-order chi connectivity index (χ1) is 10.5. The van der Waals surface area contributed by atoms with E-state index in [2.05, 4.69) is 15.0 Å². The molecule has 0 amide bonds. The van der Waals surface area contributed by atoms with E-state index in [0.29, 0.717) is 0 Å². The van der Waals surface area contributed by atoms with E-state index in [0.717, 1.165) is 57.5 Å². The number of hydrogen-bond acceptors (Lipinski definition) is 3. The lowest BCUT2D eigenvalue weighted by molar-refractivity contribution is -0.274. The molecule has 1 heterocycles. The highest BCUT2D eigenvalue weighted by Crippen LogP contribution is 2.23. The Kier molecular flexibility index (Phi) is 6.51. The summed E-state index contributed by atoms with van der Waals surface area (Å²) in [5, 5.41) is 3.33. The van der Waals surface area contributed by atoms with Gasteiger partial charge >= 0.3 is 6.36 Å². The minimum Gasteiger partial charge on any atom is -0.406 e. The van der Waals surface area contributed by atoms with Crippen LogP contribution in [0.1, 0.15) is 24.8 Å². The molecule has 0 unspecified atom stereocenters. The predicted octanol–water partition coefficient (Wildman–Crippen LogP) is 3.20. The van der Waals surface area contributed by atoms with Crippen molar-refractivity contribution in [2.24, 2.45) is 0 Å². The Morgan fingerprint density at radius 1 is 1.00 bits per heavy atom. The molecule has 0 aromatic heterocycles. The second kappa shape index (κ2) is 8.39. The van der Waals surface area contributed by atoms with Crippen LogP contribution in [0.15, 0.2) is 24.3 Å². The summed E-state index contributed by atoms with van der Waals surface area (Å²) in [6, 6.07) is 6.17. The molecule has 1 aromatic carbocycles. The number of aryl methyl sites for hydroxylation is 1. The highest BCUT2D eigenvalue weighted by atomic mass is 19.4. The van der Waals surface area contributed by atoms with Crippen molar-refractivity contribution in [2.75, 3.05) is 32.7 Å². The molecule has 1 N–H and O–H groups in total. The first-order valence-electron chi connectivity index (χ1n) is 7.81. The number of halogens is 3. The van der Waals surface area contributed by atoms with Gasteiger partial charge in [0.2, 0.25) is 0 Å². The number of piperazine rings is 1. The van der Waals surface area contributed by atoms with Crippen molar-refractivity contribution in [3.05, 3.63) is 29.8 Å². The zero-order chi connectivity index (χ0) is 15.8. The fourth-order valence-electron chi connectivity index (χ4n) is 2.63. The van der Waals surface area contributed by atoms with Crippen LogP contribution in [0.2, 0.25) is 0 Å². The van der Waals surface area contributed by atoms with Gasteiger partial charge < -0.3 is 15.0 Å². The molecule has 0 aliphatic carbocycles. The molecule has 0 saturated carbocycles. The van der Waals surface area contributed by atoms with Crippen LogP contribution in [0.4, 0.5) is 13.2 Å². The van der Waals surface area contributed by atoms with Crippen molar-refractivity contribution >= 4 is 0 Å². The number of benzene rings is 1. The fraction of sp³-hybridized carbons (Fsp3) is 0.625. The summed E-state index contributed by atoms with van der Waals surface area (Å²) >= 11 is 0. The molecule has 124 valence electrons. The van der Waals surface area contributed by atoms with Crippen LogP contribution >= 0.6 is 0 Å². The normalized spacial score (nSPS) is 16.7. The molecular formula is C16H23F3N2O. The average Bonchev–Trinajstić information content (AvgIpc) is 2.48. The Labute approximate surface area is 129 Å². The molecule has 0 bridgehead atoms. The van der Waals surface area contributed by atoms with Crippen LogP contribution in [-0.4, -0.2) is 44.0 Å². The number of nitrogens with zero attached hydrogens (tertiary/aromatic N) is 1. The Balaban J connectivity index is 1.60. The Bertz CT molecular complexity index is 428. The van der Waals surface area contributed by atoms with Crippen LogP contribution in [0.3, 0.4) is 0 Å². The zero-order valence-corrected chi connectivity index (χ0v) is 12.7. The number of nitrogens with one attached hydrogen (secondary N) is 1. The SMILES string of the molecule is FC(F)(F)Oc1ccc(CCCCCN2CCNCC2)cc1. The number of hydrogen-bond donors (Lipinski definition) is 1. The van der Waals surface area contributed by atoms with Crippen molar-refractivity contribution < 1.29 is 17.9 Å². The quantitative estimate of drug-likeness (QED) is 0.782. The maximum Gasteiger partial charge on any atom is 0.573 e. The largest absolute Gasteiger partial charge is 0.573 e. The van der Waals surface area contributed by atoms with E-state index in [1.165, 1.54) is 18.6 Å². The second-order valence-electron chi connectivity index (χ2n) is 5.59. The van der Waals surface area contributed by atoms with E-state index >= 15 is 0 Å². The lowest BCUT2D eigenvalue weighted by Gasteiger charge is -2.27. The van der Waals surface area contributed by atoms with E-state index in [1.807, 2.05) is 0 Å². The summed E-state index contributed by atoms with van der Waals surface area (Å²) in [7, 11) is 0. The molecular weight excluding hydrogens is 293 g/mol. The first kappa shape index (κ1) is 17.1. The number of unbranched alkanes of at least 4 members (excludes halogenated alkanes) is 2. The van der Waals surface area contributed by atoms with Crippen LogP contribution in [0, 0.1) is 0 Å². The third kappa shape index (κ3) is 6.66. The molecule has 1 aliphatic rings. The summed E-state index contributed by atoms with van der Waals surface area (Å²) in [6.45, 7) is 5.54. The van der Waals surface area contributed by atoms with Gasteiger partial charge in [-0.15, -0.1) is 13.2 Å². The smallest absolute Gasteiger partial charge is 0.406 e. The van der Waals surface area contributed by atoms with Gasteiger partial charge in [0.05, 0.1) is 0 Å². The van der Waals surface area contributed by atoms with E-state index in [9.17, 15) is 13.2 Å².